The average Bonchev–Trinajstić information content (AvgIpc) is 2.32. The molecule has 0 aliphatic carbocycles. The van der Waals surface area contributed by atoms with E-state index in [9.17, 15) is 0 Å². The first-order valence-electron chi connectivity index (χ1n) is 5.81. The molecule has 0 saturated carbocycles. The summed E-state index contributed by atoms with van der Waals surface area (Å²) in [6.07, 6.45) is 3.27. The highest BCUT2D eigenvalue weighted by Crippen LogP contribution is 2.28. The van der Waals surface area contributed by atoms with Gasteiger partial charge in [0.1, 0.15) is 10.8 Å². The molecule has 0 saturated heterocycles. The Morgan fingerprint density at radius 1 is 1.00 bits per heavy atom. The topological polar surface area (TPSA) is 51.8 Å². The third-order valence-electron chi connectivity index (χ3n) is 2.59. The molecule has 2 N–H and O–H groups in total. The van der Waals surface area contributed by atoms with E-state index >= 15 is 0 Å². The lowest BCUT2D eigenvalue weighted by Gasteiger charge is -2.18. The van der Waals surface area contributed by atoms with Gasteiger partial charge in [0.25, 0.3) is 0 Å². The molecule has 0 bridgehead atoms. The Morgan fingerprint density at radius 3 is 2.17 bits per heavy atom. The fourth-order valence-corrected chi connectivity index (χ4v) is 2.25. The van der Waals surface area contributed by atoms with E-state index < -0.39 is 0 Å². The van der Waals surface area contributed by atoms with E-state index in [0.717, 1.165) is 9.92 Å². The number of nitrogen functional groups attached to an aromatic ring is 1. The summed E-state index contributed by atoms with van der Waals surface area (Å²) >= 11 is 1.59. The maximum absolute atomic E-state index is 5.50. The Labute approximate surface area is 112 Å². The first-order valence-corrected chi connectivity index (χ1v) is 6.63. The predicted octanol–water partition coefficient (Wildman–Crippen LogP) is 3.51. The second kappa shape index (κ2) is 4.98. The van der Waals surface area contributed by atoms with Gasteiger partial charge >= 0.3 is 0 Å². The van der Waals surface area contributed by atoms with Crippen LogP contribution in [-0.2, 0) is 5.41 Å². The molecule has 0 aliphatic heterocycles. The minimum absolute atomic E-state index is 0.185. The van der Waals surface area contributed by atoms with Crippen molar-refractivity contribution < 1.29 is 0 Å². The minimum Gasteiger partial charge on any atom is -0.382 e. The lowest BCUT2D eigenvalue weighted by Crippen LogP contribution is -2.10. The lowest BCUT2D eigenvalue weighted by molar-refractivity contribution is 0.590. The van der Waals surface area contributed by atoms with Gasteiger partial charge in [0.2, 0.25) is 0 Å². The van der Waals surface area contributed by atoms with Crippen molar-refractivity contribution >= 4 is 17.6 Å². The van der Waals surface area contributed by atoms with E-state index in [1.165, 1.54) is 5.56 Å². The van der Waals surface area contributed by atoms with Gasteiger partial charge in [-0.1, -0.05) is 44.7 Å². The van der Waals surface area contributed by atoms with Crippen molar-refractivity contribution in [2.75, 3.05) is 5.73 Å². The van der Waals surface area contributed by atoms with E-state index in [2.05, 4.69) is 55.0 Å². The molecule has 4 heteroatoms. The van der Waals surface area contributed by atoms with Gasteiger partial charge in [0, 0.05) is 4.90 Å². The highest BCUT2D eigenvalue weighted by Gasteiger charge is 2.12. The fourth-order valence-electron chi connectivity index (χ4n) is 1.52. The van der Waals surface area contributed by atoms with Gasteiger partial charge in [-0.2, -0.15) is 0 Å². The van der Waals surface area contributed by atoms with Crippen molar-refractivity contribution in [2.24, 2.45) is 0 Å². The molecule has 1 aromatic heterocycles. The highest BCUT2D eigenvalue weighted by atomic mass is 32.2. The van der Waals surface area contributed by atoms with Crippen LogP contribution >= 0.6 is 11.8 Å². The molecule has 0 unspecified atom stereocenters. The molecule has 1 aromatic carbocycles. The van der Waals surface area contributed by atoms with Crippen LogP contribution in [0.15, 0.2) is 46.6 Å². The van der Waals surface area contributed by atoms with E-state index in [0.29, 0.717) is 5.82 Å². The number of nitrogens with zero attached hydrogens (tertiary/aromatic N) is 2. The van der Waals surface area contributed by atoms with Crippen molar-refractivity contribution in [3.05, 3.63) is 42.2 Å². The third-order valence-corrected chi connectivity index (χ3v) is 3.52. The van der Waals surface area contributed by atoms with Crippen molar-refractivity contribution in [1.29, 1.82) is 0 Å². The van der Waals surface area contributed by atoms with Crippen LogP contribution in [0.4, 0.5) is 5.82 Å². The molecule has 0 radical (unpaired) electrons. The van der Waals surface area contributed by atoms with Gasteiger partial charge in [0.05, 0.1) is 12.4 Å². The van der Waals surface area contributed by atoms with Crippen LogP contribution in [0.5, 0.6) is 0 Å². The Hall–Kier alpha value is -1.55. The third kappa shape index (κ3) is 3.23. The number of nitrogens with two attached hydrogens (primary N) is 1. The van der Waals surface area contributed by atoms with Crippen LogP contribution in [0, 0.1) is 0 Å². The average molecular weight is 259 g/mol. The molecular formula is C14H17N3S. The summed E-state index contributed by atoms with van der Waals surface area (Å²) < 4.78 is 0. The Bertz CT molecular complexity index is 512. The van der Waals surface area contributed by atoms with Gasteiger partial charge in [-0.3, -0.25) is 0 Å². The molecule has 3 nitrogen and oxygen atoms in total. The van der Waals surface area contributed by atoms with Crippen LogP contribution in [0.25, 0.3) is 0 Å². The molecule has 0 spiro atoms. The number of rotatable bonds is 2. The molecule has 18 heavy (non-hydrogen) atoms. The molecule has 0 atom stereocenters. The Morgan fingerprint density at radius 2 is 1.67 bits per heavy atom. The predicted molar refractivity (Wildman–Crippen MR) is 75.7 cm³/mol. The van der Waals surface area contributed by atoms with Gasteiger partial charge in [-0.15, -0.1) is 0 Å². The standard InChI is InChI=1S/C14H17N3S/c1-14(2,3)10-4-6-11(7-5-10)18-13-9-16-12(15)8-17-13/h4-9H,1-3H3,(H2,15,16). The summed E-state index contributed by atoms with van der Waals surface area (Å²) in [5.41, 5.74) is 7.02. The molecule has 0 amide bonds. The first-order chi connectivity index (χ1) is 8.45. The monoisotopic (exact) mass is 259 g/mol. The Kier molecular flexibility index (Phi) is 3.57. The molecular weight excluding hydrogens is 242 g/mol. The van der Waals surface area contributed by atoms with Crippen LogP contribution < -0.4 is 5.73 Å². The smallest absolute Gasteiger partial charge is 0.141 e. The van der Waals surface area contributed by atoms with E-state index in [4.69, 9.17) is 5.73 Å². The van der Waals surface area contributed by atoms with E-state index in [1.54, 1.807) is 24.2 Å². The summed E-state index contributed by atoms with van der Waals surface area (Å²) in [6, 6.07) is 8.55. The summed E-state index contributed by atoms with van der Waals surface area (Å²) in [5.74, 6) is 0.447. The first kappa shape index (κ1) is 12.9. The minimum atomic E-state index is 0.185. The van der Waals surface area contributed by atoms with Gasteiger partial charge in [0.15, 0.2) is 0 Å². The lowest BCUT2D eigenvalue weighted by atomic mass is 9.87. The summed E-state index contributed by atoms with van der Waals surface area (Å²) in [5, 5.41) is 0.854. The van der Waals surface area contributed by atoms with Crippen LogP contribution in [0.3, 0.4) is 0 Å². The number of anilines is 1. The normalized spacial score (nSPS) is 11.5. The van der Waals surface area contributed by atoms with Crippen LogP contribution in [0.1, 0.15) is 26.3 Å². The van der Waals surface area contributed by atoms with Crippen molar-refractivity contribution in [3.63, 3.8) is 0 Å². The zero-order valence-electron chi connectivity index (χ0n) is 10.8. The molecule has 0 fully saturated rings. The van der Waals surface area contributed by atoms with Gasteiger partial charge in [-0.25, -0.2) is 9.97 Å². The maximum atomic E-state index is 5.50. The molecule has 1 heterocycles. The number of hydrogen-bond donors (Lipinski definition) is 1. The summed E-state index contributed by atoms with van der Waals surface area (Å²) in [4.78, 5) is 9.40. The highest BCUT2D eigenvalue weighted by molar-refractivity contribution is 7.99. The number of hydrogen-bond acceptors (Lipinski definition) is 4. The van der Waals surface area contributed by atoms with Crippen molar-refractivity contribution in [2.45, 2.75) is 36.1 Å². The van der Waals surface area contributed by atoms with Crippen LogP contribution in [-0.4, -0.2) is 9.97 Å². The molecule has 2 rings (SSSR count). The summed E-state index contributed by atoms with van der Waals surface area (Å²) in [7, 11) is 0. The Balaban J connectivity index is 2.13. The zero-order chi connectivity index (χ0) is 13.2. The quantitative estimate of drug-likeness (QED) is 0.896. The zero-order valence-corrected chi connectivity index (χ0v) is 11.7. The van der Waals surface area contributed by atoms with E-state index in [1.807, 2.05) is 0 Å². The molecule has 2 aromatic rings. The number of benzene rings is 1. The van der Waals surface area contributed by atoms with Crippen molar-refractivity contribution in [1.82, 2.24) is 9.97 Å². The second-order valence-electron chi connectivity index (χ2n) is 5.16. The van der Waals surface area contributed by atoms with Gasteiger partial charge in [-0.05, 0) is 23.1 Å². The van der Waals surface area contributed by atoms with Crippen LogP contribution in [0.2, 0.25) is 0 Å². The molecule has 94 valence electrons. The fraction of sp³-hybridized carbons (Fsp3) is 0.286. The van der Waals surface area contributed by atoms with Crippen molar-refractivity contribution in [3.8, 4) is 0 Å². The number of aromatic nitrogens is 2. The second-order valence-corrected chi connectivity index (χ2v) is 6.25. The van der Waals surface area contributed by atoms with E-state index in [-0.39, 0.29) is 5.41 Å². The maximum Gasteiger partial charge on any atom is 0.141 e. The largest absolute Gasteiger partial charge is 0.382 e. The van der Waals surface area contributed by atoms with Gasteiger partial charge < -0.3 is 5.73 Å². The SMILES string of the molecule is CC(C)(C)c1ccc(Sc2cnc(N)cn2)cc1. The molecule has 0 aliphatic rings. The summed E-state index contributed by atoms with van der Waals surface area (Å²) in [6.45, 7) is 6.63.